The molecule has 2 aromatic carbocycles. The average Bonchev–Trinajstić information content (AvgIpc) is 2.62. The summed E-state index contributed by atoms with van der Waals surface area (Å²) in [7, 11) is 0. The standard InChI is InChI=1S/C18H16ClN3O3/c1-2-11-25-14-9-7-13(8-10-14)12-20-22-18(24)17(23)21-16-6-4-3-5-15(16)19/h2-10,12H,1,11H2,(H,21,23)(H,22,24)/b20-12-. The number of nitrogens with zero attached hydrogens (tertiary/aromatic N) is 1. The zero-order valence-electron chi connectivity index (χ0n) is 13.2. The summed E-state index contributed by atoms with van der Waals surface area (Å²) in [4.78, 5) is 23.5. The van der Waals surface area contributed by atoms with Gasteiger partial charge in [0.1, 0.15) is 12.4 Å². The van der Waals surface area contributed by atoms with Crippen LogP contribution in [0, 0.1) is 0 Å². The maximum atomic E-state index is 11.8. The number of ether oxygens (including phenoxy) is 1. The van der Waals surface area contributed by atoms with E-state index in [9.17, 15) is 9.59 Å². The Kier molecular flexibility index (Phi) is 6.74. The zero-order chi connectivity index (χ0) is 18.1. The van der Waals surface area contributed by atoms with E-state index in [-0.39, 0.29) is 0 Å². The van der Waals surface area contributed by atoms with Gasteiger partial charge in [0, 0.05) is 0 Å². The van der Waals surface area contributed by atoms with E-state index in [1.165, 1.54) is 6.21 Å². The lowest BCUT2D eigenvalue weighted by Crippen LogP contribution is -2.32. The molecule has 0 radical (unpaired) electrons. The topological polar surface area (TPSA) is 79.8 Å². The van der Waals surface area contributed by atoms with Crippen molar-refractivity contribution < 1.29 is 14.3 Å². The summed E-state index contributed by atoms with van der Waals surface area (Å²) in [5, 5.41) is 6.49. The summed E-state index contributed by atoms with van der Waals surface area (Å²) in [5.74, 6) is -1.07. The van der Waals surface area contributed by atoms with Gasteiger partial charge in [-0.25, -0.2) is 5.43 Å². The van der Waals surface area contributed by atoms with Gasteiger partial charge in [-0.2, -0.15) is 5.10 Å². The highest BCUT2D eigenvalue weighted by Gasteiger charge is 2.13. The Hall–Kier alpha value is -3.12. The summed E-state index contributed by atoms with van der Waals surface area (Å²) in [5.41, 5.74) is 3.23. The lowest BCUT2D eigenvalue weighted by molar-refractivity contribution is -0.136. The van der Waals surface area contributed by atoms with Crippen molar-refractivity contribution in [1.82, 2.24) is 5.43 Å². The second kappa shape index (κ2) is 9.24. The van der Waals surface area contributed by atoms with E-state index in [0.717, 1.165) is 5.56 Å². The molecule has 0 heterocycles. The Morgan fingerprint density at radius 1 is 1.12 bits per heavy atom. The molecule has 0 saturated carbocycles. The van der Waals surface area contributed by atoms with Crippen LogP contribution in [0.4, 0.5) is 5.69 Å². The Morgan fingerprint density at radius 2 is 1.84 bits per heavy atom. The Balaban J connectivity index is 1.86. The lowest BCUT2D eigenvalue weighted by Gasteiger charge is -2.05. The Morgan fingerprint density at radius 3 is 2.52 bits per heavy atom. The number of halogens is 1. The number of anilines is 1. The third-order valence-electron chi connectivity index (χ3n) is 2.96. The third kappa shape index (κ3) is 5.78. The number of para-hydroxylation sites is 1. The van der Waals surface area contributed by atoms with Crippen LogP contribution in [0.5, 0.6) is 5.75 Å². The van der Waals surface area contributed by atoms with Crippen LogP contribution in [0.3, 0.4) is 0 Å². The van der Waals surface area contributed by atoms with Gasteiger partial charge in [-0.05, 0) is 42.0 Å². The van der Waals surface area contributed by atoms with Crippen LogP contribution >= 0.6 is 11.6 Å². The van der Waals surface area contributed by atoms with Crippen LogP contribution in [0.25, 0.3) is 0 Å². The molecule has 2 rings (SSSR count). The van der Waals surface area contributed by atoms with Gasteiger partial charge in [0.25, 0.3) is 0 Å². The number of benzene rings is 2. The fourth-order valence-electron chi connectivity index (χ4n) is 1.76. The third-order valence-corrected chi connectivity index (χ3v) is 3.29. The predicted molar refractivity (Wildman–Crippen MR) is 98.0 cm³/mol. The van der Waals surface area contributed by atoms with Crippen molar-refractivity contribution in [3.8, 4) is 5.75 Å². The number of amides is 2. The van der Waals surface area contributed by atoms with Crippen LogP contribution in [-0.2, 0) is 9.59 Å². The molecule has 0 saturated heterocycles. The van der Waals surface area contributed by atoms with Gasteiger partial charge in [0.2, 0.25) is 0 Å². The van der Waals surface area contributed by atoms with Crippen LogP contribution in [0.15, 0.2) is 66.3 Å². The van der Waals surface area contributed by atoms with Crippen molar-refractivity contribution in [2.24, 2.45) is 5.10 Å². The van der Waals surface area contributed by atoms with Gasteiger partial charge in [-0.15, -0.1) is 0 Å². The molecule has 0 aliphatic heterocycles. The number of carbonyl (C=O) groups excluding carboxylic acids is 2. The van der Waals surface area contributed by atoms with Gasteiger partial charge >= 0.3 is 11.8 Å². The van der Waals surface area contributed by atoms with E-state index in [1.54, 1.807) is 54.6 Å². The van der Waals surface area contributed by atoms with Gasteiger partial charge in [-0.1, -0.05) is 36.4 Å². The van der Waals surface area contributed by atoms with Gasteiger partial charge in [-0.3, -0.25) is 9.59 Å². The summed E-state index contributed by atoms with van der Waals surface area (Å²) in [6, 6.07) is 13.7. The first-order chi connectivity index (χ1) is 12.1. The smallest absolute Gasteiger partial charge is 0.329 e. The molecule has 0 fully saturated rings. The van der Waals surface area contributed by atoms with Crippen molar-refractivity contribution in [3.63, 3.8) is 0 Å². The van der Waals surface area contributed by atoms with Crippen LogP contribution in [0.2, 0.25) is 5.02 Å². The quantitative estimate of drug-likeness (QED) is 0.361. The van der Waals surface area contributed by atoms with Crippen LogP contribution in [0.1, 0.15) is 5.56 Å². The van der Waals surface area contributed by atoms with Crippen molar-refractivity contribution in [2.75, 3.05) is 11.9 Å². The Bertz CT molecular complexity index is 788. The number of hydrogen-bond acceptors (Lipinski definition) is 4. The largest absolute Gasteiger partial charge is 0.490 e. The molecule has 0 aliphatic carbocycles. The highest BCUT2D eigenvalue weighted by atomic mass is 35.5. The minimum absolute atomic E-state index is 0.339. The van der Waals surface area contributed by atoms with E-state index in [1.807, 2.05) is 0 Å². The fourth-order valence-corrected chi connectivity index (χ4v) is 1.95. The summed E-state index contributed by atoms with van der Waals surface area (Å²) < 4.78 is 5.35. The summed E-state index contributed by atoms with van der Waals surface area (Å²) in [6.07, 6.45) is 3.07. The van der Waals surface area contributed by atoms with E-state index < -0.39 is 11.8 Å². The highest BCUT2D eigenvalue weighted by Crippen LogP contribution is 2.20. The molecular weight excluding hydrogens is 342 g/mol. The molecule has 25 heavy (non-hydrogen) atoms. The molecule has 0 bridgehead atoms. The molecule has 0 spiro atoms. The van der Waals surface area contributed by atoms with Gasteiger partial charge in [0.15, 0.2) is 0 Å². The first-order valence-electron chi connectivity index (χ1n) is 7.33. The SMILES string of the molecule is C=CCOc1ccc(/C=N\NC(=O)C(=O)Nc2ccccc2Cl)cc1. The second-order valence-electron chi connectivity index (χ2n) is 4.80. The average molecular weight is 358 g/mol. The van der Waals surface area contributed by atoms with Gasteiger partial charge < -0.3 is 10.1 Å². The van der Waals surface area contributed by atoms with Crippen molar-refractivity contribution in [1.29, 1.82) is 0 Å². The molecule has 6 nitrogen and oxygen atoms in total. The maximum absolute atomic E-state index is 11.8. The Labute approximate surface area is 150 Å². The molecule has 0 unspecified atom stereocenters. The first-order valence-corrected chi connectivity index (χ1v) is 7.70. The molecule has 128 valence electrons. The second-order valence-corrected chi connectivity index (χ2v) is 5.21. The van der Waals surface area contributed by atoms with Crippen LogP contribution < -0.4 is 15.5 Å². The van der Waals surface area contributed by atoms with Crippen molar-refractivity contribution in [3.05, 3.63) is 71.8 Å². The van der Waals surface area contributed by atoms with Crippen molar-refractivity contribution >= 4 is 35.3 Å². The minimum atomic E-state index is -0.901. The highest BCUT2D eigenvalue weighted by molar-refractivity contribution is 6.41. The van der Waals surface area contributed by atoms with E-state index in [0.29, 0.717) is 23.1 Å². The molecule has 2 N–H and O–H groups in total. The van der Waals surface area contributed by atoms with Crippen LogP contribution in [-0.4, -0.2) is 24.6 Å². The lowest BCUT2D eigenvalue weighted by atomic mass is 10.2. The van der Waals surface area contributed by atoms with E-state index in [2.05, 4.69) is 22.4 Å². The zero-order valence-corrected chi connectivity index (χ0v) is 14.0. The summed E-state index contributed by atoms with van der Waals surface area (Å²) in [6.45, 7) is 3.99. The monoisotopic (exact) mass is 357 g/mol. The molecule has 2 amide bonds. The van der Waals surface area contributed by atoms with E-state index in [4.69, 9.17) is 16.3 Å². The number of hydrazone groups is 1. The first kappa shape index (κ1) is 18.2. The number of carbonyl (C=O) groups is 2. The maximum Gasteiger partial charge on any atom is 0.329 e. The summed E-state index contributed by atoms with van der Waals surface area (Å²) >= 11 is 5.91. The molecule has 0 aliphatic rings. The number of nitrogens with one attached hydrogen (secondary N) is 2. The molecule has 7 heteroatoms. The fraction of sp³-hybridized carbons (Fsp3) is 0.0556. The minimum Gasteiger partial charge on any atom is -0.490 e. The number of rotatable bonds is 6. The van der Waals surface area contributed by atoms with Crippen molar-refractivity contribution in [2.45, 2.75) is 0 Å². The van der Waals surface area contributed by atoms with Gasteiger partial charge in [0.05, 0.1) is 16.9 Å². The molecule has 0 atom stereocenters. The molecule has 2 aromatic rings. The molecular formula is C18H16ClN3O3. The number of hydrogen-bond donors (Lipinski definition) is 2. The normalized spacial score (nSPS) is 10.3. The van der Waals surface area contributed by atoms with E-state index >= 15 is 0 Å². The predicted octanol–water partition coefficient (Wildman–Crippen LogP) is 2.99. The molecule has 0 aromatic heterocycles.